The lowest BCUT2D eigenvalue weighted by Crippen LogP contribution is -2.35. The predicted molar refractivity (Wildman–Crippen MR) is 85.2 cm³/mol. The fraction of sp³-hybridized carbons (Fsp3) is 0.611. The number of hydrogen-bond acceptors (Lipinski definition) is 3. The van der Waals surface area contributed by atoms with E-state index in [-0.39, 0.29) is 17.1 Å². The van der Waals surface area contributed by atoms with Crippen molar-refractivity contribution < 1.29 is 19.7 Å². The maximum absolute atomic E-state index is 10.4. The third-order valence-corrected chi connectivity index (χ3v) is 6.08. The normalized spacial score (nSPS) is 31.3. The molecule has 3 atom stereocenters. The lowest BCUT2D eigenvalue weighted by atomic mass is 9.70. The van der Waals surface area contributed by atoms with Gasteiger partial charge in [0.05, 0.1) is 18.8 Å². The van der Waals surface area contributed by atoms with Crippen LogP contribution in [0.25, 0.3) is 0 Å². The van der Waals surface area contributed by atoms with Crippen molar-refractivity contribution in [1.82, 2.24) is 0 Å². The van der Waals surface area contributed by atoms with Gasteiger partial charge in [-0.15, -0.1) is 0 Å². The van der Waals surface area contributed by atoms with E-state index in [1.54, 1.807) is 12.1 Å². The van der Waals surface area contributed by atoms with E-state index < -0.39 is 5.97 Å². The average molecular weight is 306 g/mol. The van der Waals surface area contributed by atoms with Crippen LogP contribution in [-0.4, -0.2) is 29.4 Å². The second-order valence-electron chi connectivity index (χ2n) is 7.16. The summed E-state index contributed by atoms with van der Waals surface area (Å²) in [4.78, 5) is 10.4. The summed E-state index contributed by atoms with van der Waals surface area (Å²) in [6.07, 6.45) is 3.58. The topological polar surface area (TPSA) is 66.8 Å². The van der Waals surface area contributed by atoms with Crippen LogP contribution in [0.4, 0.5) is 0 Å². The van der Waals surface area contributed by atoms with Crippen LogP contribution in [0.15, 0.2) is 24.3 Å². The van der Waals surface area contributed by atoms with Crippen LogP contribution in [-0.2, 0) is 0 Å². The van der Waals surface area contributed by atoms with Gasteiger partial charge >= 0.3 is 5.97 Å². The molecule has 0 aromatic heterocycles. The number of rotatable bonds is 2. The molecule has 122 valence electrons. The van der Waals surface area contributed by atoms with Crippen LogP contribution in [0.2, 0.25) is 0 Å². The molecule has 0 aliphatic heterocycles. The van der Waals surface area contributed by atoms with Crippen molar-refractivity contribution in [2.45, 2.75) is 46.1 Å². The fourth-order valence-electron chi connectivity index (χ4n) is 3.90. The number of benzene rings is 1. The number of aliphatic hydroxyl groups excluding tert-OH is 1. The summed E-state index contributed by atoms with van der Waals surface area (Å²) in [6.45, 7) is 6.90. The van der Waals surface area contributed by atoms with E-state index in [9.17, 15) is 9.90 Å². The Hall–Kier alpha value is -1.55. The van der Waals surface area contributed by atoms with Crippen LogP contribution in [0.5, 0.6) is 5.75 Å². The molecular weight excluding hydrogens is 280 g/mol. The number of aromatic carboxylic acids is 1. The molecule has 3 unspecified atom stereocenters. The zero-order valence-electron chi connectivity index (χ0n) is 13.8. The van der Waals surface area contributed by atoms with Gasteiger partial charge in [-0.25, -0.2) is 4.79 Å². The van der Waals surface area contributed by atoms with Gasteiger partial charge in [0.2, 0.25) is 0 Å². The first-order valence-corrected chi connectivity index (χ1v) is 7.78. The van der Waals surface area contributed by atoms with Crippen molar-refractivity contribution >= 4 is 5.97 Å². The molecule has 1 aromatic rings. The summed E-state index contributed by atoms with van der Waals surface area (Å²) in [5.41, 5.74) is 0.871. The Kier molecular flexibility index (Phi) is 4.52. The molecule has 0 saturated heterocycles. The van der Waals surface area contributed by atoms with Crippen LogP contribution < -0.4 is 4.74 Å². The molecular formula is C18H26O4. The minimum Gasteiger partial charge on any atom is -0.497 e. The van der Waals surface area contributed by atoms with Crippen molar-refractivity contribution in [3.05, 3.63) is 29.8 Å². The molecule has 2 N–H and O–H groups in total. The first-order valence-electron chi connectivity index (χ1n) is 7.78. The van der Waals surface area contributed by atoms with E-state index in [1.807, 2.05) is 0 Å². The number of aliphatic hydroxyl groups is 1. The summed E-state index contributed by atoms with van der Waals surface area (Å²) in [7, 11) is 1.54. The highest BCUT2D eigenvalue weighted by atomic mass is 16.5. The minimum absolute atomic E-state index is 0.0313. The molecule has 2 aliphatic carbocycles. The Morgan fingerprint density at radius 2 is 1.82 bits per heavy atom. The molecule has 22 heavy (non-hydrogen) atoms. The zero-order chi connectivity index (χ0) is 16.5. The van der Waals surface area contributed by atoms with Crippen molar-refractivity contribution in [2.24, 2.45) is 16.7 Å². The highest BCUT2D eigenvalue weighted by Gasteiger charge is 2.60. The molecule has 2 bridgehead atoms. The van der Waals surface area contributed by atoms with E-state index in [0.29, 0.717) is 11.2 Å². The predicted octanol–water partition coefficient (Wildman–Crippen LogP) is 3.59. The minimum atomic E-state index is -0.923. The number of carbonyl (C=O) groups is 1. The number of methoxy groups -OCH3 is 1. The quantitative estimate of drug-likeness (QED) is 0.876. The third-order valence-electron chi connectivity index (χ3n) is 6.08. The van der Waals surface area contributed by atoms with Crippen LogP contribution >= 0.6 is 0 Å². The van der Waals surface area contributed by atoms with Crippen LogP contribution in [0.1, 0.15) is 50.4 Å². The van der Waals surface area contributed by atoms with Crippen molar-refractivity contribution in [2.75, 3.05) is 7.11 Å². The van der Waals surface area contributed by atoms with Crippen molar-refractivity contribution in [3.8, 4) is 5.75 Å². The van der Waals surface area contributed by atoms with E-state index >= 15 is 0 Å². The smallest absolute Gasteiger partial charge is 0.335 e. The first kappa shape index (κ1) is 16.8. The number of ether oxygens (including phenoxy) is 1. The number of carboxylic acids is 1. The lowest BCUT2D eigenvalue weighted by molar-refractivity contribution is 0.0126. The van der Waals surface area contributed by atoms with Crippen LogP contribution in [0, 0.1) is 16.7 Å². The zero-order valence-corrected chi connectivity index (χ0v) is 13.8. The SMILES string of the molecule is CC1(C)C2CCC1(C)C(O)C2.COc1ccc(C(=O)O)cc1. The molecule has 0 spiro atoms. The van der Waals surface area contributed by atoms with Crippen LogP contribution in [0.3, 0.4) is 0 Å². The standard InChI is InChI=1S/C10H18O.C8H8O3/c1-9(2)7-4-5-10(9,3)8(11)6-7;1-11-7-4-2-6(3-5-7)8(9)10/h7-8,11H,4-6H2,1-3H3;2-5H,1H3,(H,9,10). The largest absolute Gasteiger partial charge is 0.497 e. The van der Waals surface area contributed by atoms with Gasteiger partial charge in [0.25, 0.3) is 0 Å². The van der Waals surface area contributed by atoms with Gasteiger partial charge in [-0.3, -0.25) is 0 Å². The Morgan fingerprint density at radius 3 is 2.09 bits per heavy atom. The van der Waals surface area contributed by atoms with Gasteiger partial charge in [-0.2, -0.15) is 0 Å². The monoisotopic (exact) mass is 306 g/mol. The molecule has 2 saturated carbocycles. The summed E-state index contributed by atoms with van der Waals surface area (Å²) in [5.74, 6) is 0.519. The highest BCUT2D eigenvalue weighted by Crippen LogP contribution is 2.65. The van der Waals surface area contributed by atoms with Gasteiger partial charge in [0.1, 0.15) is 5.75 Å². The highest BCUT2D eigenvalue weighted by molar-refractivity contribution is 5.87. The molecule has 3 rings (SSSR count). The Labute approximate surface area is 132 Å². The third kappa shape index (κ3) is 2.72. The van der Waals surface area contributed by atoms with Crippen molar-refractivity contribution in [1.29, 1.82) is 0 Å². The average Bonchev–Trinajstić information content (AvgIpc) is 2.81. The summed E-state index contributed by atoms with van der Waals surface area (Å²) < 4.78 is 4.86. The molecule has 2 aliphatic rings. The van der Waals surface area contributed by atoms with Gasteiger partial charge in [0.15, 0.2) is 0 Å². The molecule has 0 radical (unpaired) electrons. The summed E-state index contributed by atoms with van der Waals surface area (Å²) in [5, 5.41) is 18.3. The summed E-state index contributed by atoms with van der Waals surface area (Å²) in [6, 6.07) is 6.23. The molecule has 1 aromatic carbocycles. The second-order valence-corrected chi connectivity index (χ2v) is 7.16. The van der Waals surface area contributed by atoms with Gasteiger partial charge in [-0.05, 0) is 60.3 Å². The number of fused-ring (bicyclic) bond motifs is 2. The first-order chi connectivity index (χ1) is 10.2. The van der Waals surface area contributed by atoms with E-state index in [1.165, 1.54) is 32.1 Å². The molecule has 0 amide bonds. The fourth-order valence-corrected chi connectivity index (χ4v) is 3.90. The molecule has 4 nitrogen and oxygen atoms in total. The van der Waals surface area contributed by atoms with E-state index in [4.69, 9.17) is 9.84 Å². The Bertz CT molecular complexity index is 535. The van der Waals surface area contributed by atoms with Gasteiger partial charge in [0, 0.05) is 0 Å². The van der Waals surface area contributed by atoms with E-state index in [2.05, 4.69) is 20.8 Å². The summed E-state index contributed by atoms with van der Waals surface area (Å²) >= 11 is 0. The van der Waals surface area contributed by atoms with E-state index in [0.717, 1.165) is 12.3 Å². The maximum atomic E-state index is 10.4. The number of carboxylic acid groups (broad SMARTS) is 1. The van der Waals surface area contributed by atoms with Gasteiger partial charge < -0.3 is 14.9 Å². The van der Waals surface area contributed by atoms with Gasteiger partial charge in [-0.1, -0.05) is 20.8 Å². The Morgan fingerprint density at radius 1 is 1.23 bits per heavy atom. The second kappa shape index (κ2) is 5.92. The maximum Gasteiger partial charge on any atom is 0.335 e. The number of hydrogen-bond donors (Lipinski definition) is 2. The van der Waals surface area contributed by atoms with Crippen molar-refractivity contribution in [3.63, 3.8) is 0 Å². The molecule has 4 heteroatoms. The Balaban J connectivity index is 0.000000160. The molecule has 2 fully saturated rings. The molecule has 0 heterocycles. The lowest BCUT2D eigenvalue weighted by Gasteiger charge is -2.36.